The molecule has 2 aliphatic heterocycles. The minimum atomic E-state index is 0.816. The molecule has 80 valence electrons. The molecule has 2 unspecified atom stereocenters. The maximum Gasteiger partial charge on any atom is 0.145 e. The van der Waals surface area contributed by atoms with E-state index in [4.69, 9.17) is 0 Å². The van der Waals surface area contributed by atoms with Crippen molar-refractivity contribution >= 4 is 28.4 Å². The van der Waals surface area contributed by atoms with Crippen molar-refractivity contribution in [3.05, 3.63) is 16.1 Å². The second-order valence-corrected chi connectivity index (χ2v) is 5.44. The zero-order valence-electron chi connectivity index (χ0n) is 8.36. The number of fused-ring (bicyclic) bond motifs is 1. The number of rotatable bonds is 1. The van der Waals surface area contributed by atoms with Crippen molar-refractivity contribution in [3.63, 3.8) is 0 Å². The fraction of sp³-hybridized carbons (Fsp3) is 0.600. The van der Waals surface area contributed by atoms with Crippen molar-refractivity contribution in [3.8, 4) is 0 Å². The summed E-state index contributed by atoms with van der Waals surface area (Å²) in [6.07, 6.45) is 3.53. The average Bonchev–Trinajstić information content (AvgIpc) is 2.77. The van der Waals surface area contributed by atoms with Gasteiger partial charge in [-0.25, -0.2) is 9.97 Å². The second-order valence-electron chi connectivity index (χ2n) is 4.28. The van der Waals surface area contributed by atoms with Crippen molar-refractivity contribution < 1.29 is 0 Å². The lowest BCUT2D eigenvalue weighted by Crippen LogP contribution is -2.26. The van der Waals surface area contributed by atoms with Crippen LogP contribution in [0.4, 0.5) is 5.82 Å². The van der Waals surface area contributed by atoms with E-state index in [2.05, 4.69) is 42.8 Å². The fourth-order valence-corrected chi connectivity index (χ4v) is 3.21. The maximum absolute atomic E-state index is 4.37. The zero-order valence-corrected chi connectivity index (χ0v) is 10.5. The summed E-state index contributed by atoms with van der Waals surface area (Å²) in [6.45, 7) is 4.63. The Balaban J connectivity index is 1.82. The van der Waals surface area contributed by atoms with E-state index in [0.717, 1.165) is 34.3 Å². The molecule has 0 bridgehead atoms. The Morgan fingerprint density at radius 3 is 2.73 bits per heavy atom. The molecule has 0 amide bonds. The molecular weight excluding hydrogens is 303 g/mol. The number of hydrogen-bond acceptors (Lipinski definition) is 4. The highest BCUT2D eigenvalue weighted by molar-refractivity contribution is 14.1. The third kappa shape index (κ3) is 1.71. The standard InChI is InChI=1S/C10H13IN4/c11-9-3-13-6-14-10(9)15-4-7-1-12-2-8(7)5-15/h3,6-8,12H,1-2,4-5H2. The van der Waals surface area contributed by atoms with Gasteiger partial charge >= 0.3 is 0 Å². The largest absolute Gasteiger partial charge is 0.355 e. The van der Waals surface area contributed by atoms with Gasteiger partial charge in [-0.15, -0.1) is 0 Å². The van der Waals surface area contributed by atoms with Crippen LogP contribution in [0.1, 0.15) is 0 Å². The van der Waals surface area contributed by atoms with Gasteiger partial charge in [0.15, 0.2) is 0 Å². The second kappa shape index (κ2) is 3.86. The molecule has 0 radical (unpaired) electrons. The van der Waals surface area contributed by atoms with Gasteiger partial charge in [-0.1, -0.05) is 0 Å². The predicted molar refractivity (Wildman–Crippen MR) is 66.8 cm³/mol. The third-order valence-electron chi connectivity index (χ3n) is 3.34. The van der Waals surface area contributed by atoms with E-state index in [0.29, 0.717) is 0 Å². The molecule has 0 aromatic carbocycles. The molecule has 0 spiro atoms. The summed E-state index contributed by atoms with van der Waals surface area (Å²) in [5, 5.41) is 3.45. The van der Waals surface area contributed by atoms with Gasteiger partial charge in [-0.05, 0) is 34.4 Å². The third-order valence-corrected chi connectivity index (χ3v) is 4.10. The summed E-state index contributed by atoms with van der Waals surface area (Å²) in [5.74, 6) is 2.74. The molecule has 2 aliphatic rings. The molecular formula is C10H13IN4. The molecule has 3 heterocycles. The number of hydrogen-bond donors (Lipinski definition) is 1. The molecule has 1 N–H and O–H groups in total. The lowest BCUT2D eigenvalue weighted by molar-refractivity contribution is 0.533. The van der Waals surface area contributed by atoms with Crippen molar-refractivity contribution in [2.75, 3.05) is 31.1 Å². The van der Waals surface area contributed by atoms with Gasteiger partial charge in [0.05, 0.1) is 3.57 Å². The van der Waals surface area contributed by atoms with E-state index in [1.54, 1.807) is 6.33 Å². The molecule has 5 heteroatoms. The normalized spacial score (nSPS) is 29.5. The van der Waals surface area contributed by atoms with Gasteiger partial charge in [0.2, 0.25) is 0 Å². The van der Waals surface area contributed by atoms with Crippen LogP contribution >= 0.6 is 22.6 Å². The molecule has 0 saturated carbocycles. The summed E-state index contributed by atoms with van der Waals surface area (Å²) >= 11 is 2.31. The molecule has 1 aromatic heterocycles. The summed E-state index contributed by atoms with van der Waals surface area (Å²) in [7, 11) is 0. The Morgan fingerprint density at radius 1 is 1.33 bits per heavy atom. The van der Waals surface area contributed by atoms with Gasteiger partial charge in [-0.3, -0.25) is 0 Å². The first kappa shape index (κ1) is 9.77. The molecule has 3 rings (SSSR count). The Hall–Kier alpha value is -0.430. The predicted octanol–water partition coefficient (Wildman–Crippen LogP) is 0.737. The topological polar surface area (TPSA) is 41.1 Å². The molecule has 2 saturated heterocycles. The maximum atomic E-state index is 4.37. The van der Waals surface area contributed by atoms with Crippen LogP contribution < -0.4 is 10.2 Å². The molecule has 2 fully saturated rings. The lowest BCUT2D eigenvalue weighted by Gasteiger charge is -2.19. The molecule has 2 atom stereocenters. The molecule has 15 heavy (non-hydrogen) atoms. The Labute approximate surface area is 103 Å². The van der Waals surface area contributed by atoms with E-state index in [-0.39, 0.29) is 0 Å². The van der Waals surface area contributed by atoms with Gasteiger partial charge in [0, 0.05) is 32.4 Å². The SMILES string of the molecule is Ic1cncnc1N1CC2CNCC2C1. The minimum absolute atomic E-state index is 0.816. The minimum Gasteiger partial charge on any atom is -0.355 e. The fourth-order valence-electron chi connectivity index (χ4n) is 2.57. The van der Waals surface area contributed by atoms with Crippen LogP contribution in [0, 0.1) is 15.4 Å². The number of nitrogens with one attached hydrogen (secondary N) is 1. The first-order valence-corrected chi connectivity index (χ1v) is 6.33. The number of anilines is 1. The number of halogens is 1. The van der Waals surface area contributed by atoms with Crippen LogP contribution in [0.5, 0.6) is 0 Å². The highest BCUT2D eigenvalue weighted by Gasteiger charge is 2.36. The van der Waals surface area contributed by atoms with Crippen LogP contribution in [-0.4, -0.2) is 36.1 Å². The summed E-state index contributed by atoms with van der Waals surface area (Å²) in [5.41, 5.74) is 0. The Kier molecular flexibility index (Phi) is 2.51. The molecule has 0 aliphatic carbocycles. The van der Waals surface area contributed by atoms with Crippen LogP contribution in [0.3, 0.4) is 0 Å². The number of nitrogens with zero attached hydrogens (tertiary/aromatic N) is 3. The first-order chi connectivity index (χ1) is 7.34. The monoisotopic (exact) mass is 316 g/mol. The van der Waals surface area contributed by atoms with Crippen molar-refractivity contribution in [2.45, 2.75) is 0 Å². The Bertz CT molecular complexity index is 358. The smallest absolute Gasteiger partial charge is 0.145 e. The van der Waals surface area contributed by atoms with Gasteiger partial charge in [0.25, 0.3) is 0 Å². The van der Waals surface area contributed by atoms with Gasteiger partial charge < -0.3 is 10.2 Å². The van der Waals surface area contributed by atoms with Crippen molar-refractivity contribution in [1.29, 1.82) is 0 Å². The van der Waals surface area contributed by atoms with Crippen molar-refractivity contribution in [1.82, 2.24) is 15.3 Å². The zero-order chi connectivity index (χ0) is 10.3. The van der Waals surface area contributed by atoms with Crippen LogP contribution in [0.2, 0.25) is 0 Å². The number of aromatic nitrogens is 2. The first-order valence-electron chi connectivity index (χ1n) is 5.26. The van der Waals surface area contributed by atoms with E-state index in [1.165, 1.54) is 13.1 Å². The molecule has 1 aromatic rings. The van der Waals surface area contributed by atoms with E-state index in [1.807, 2.05) is 6.20 Å². The summed E-state index contributed by atoms with van der Waals surface area (Å²) in [4.78, 5) is 10.8. The lowest BCUT2D eigenvalue weighted by atomic mass is 10.0. The van der Waals surface area contributed by atoms with Crippen LogP contribution in [0.15, 0.2) is 12.5 Å². The van der Waals surface area contributed by atoms with Crippen LogP contribution in [0.25, 0.3) is 0 Å². The highest BCUT2D eigenvalue weighted by atomic mass is 127. The van der Waals surface area contributed by atoms with E-state index < -0.39 is 0 Å². The van der Waals surface area contributed by atoms with E-state index >= 15 is 0 Å². The van der Waals surface area contributed by atoms with E-state index in [9.17, 15) is 0 Å². The average molecular weight is 316 g/mol. The summed E-state index contributed by atoms with van der Waals surface area (Å²) < 4.78 is 1.16. The van der Waals surface area contributed by atoms with Crippen LogP contribution in [-0.2, 0) is 0 Å². The highest BCUT2D eigenvalue weighted by Crippen LogP contribution is 2.30. The Morgan fingerprint density at radius 2 is 2.07 bits per heavy atom. The van der Waals surface area contributed by atoms with Gasteiger partial charge in [-0.2, -0.15) is 0 Å². The molecule has 4 nitrogen and oxygen atoms in total. The van der Waals surface area contributed by atoms with Gasteiger partial charge in [0.1, 0.15) is 12.1 Å². The summed E-state index contributed by atoms with van der Waals surface area (Å²) in [6, 6.07) is 0. The van der Waals surface area contributed by atoms with Crippen molar-refractivity contribution in [2.24, 2.45) is 11.8 Å². The quantitative estimate of drug-likeness (QED) is 0.776.